The number of nitriles is 1. The van der Waals surface area contributed by atoms with Crippen LogP contribution in [0.5, 0.6) is 5.75 Å². The molecule has 0 bridgehead atoms. The van der Waals surface area contributed by atoms with Crippen molar-refractivity contribution in [1.29, 1.82) is 5.26 Å². The molecule has 1 heterocycles. The highest BCUT2D eigenvalue weighted by Gasteiger charge is 2.27. The number of benzene rings is 1. The Hall–Kier alpha value is -1.64. The lowest BCUT2D eigenvalue weighted by atomic mass is 9.94. The first-order valence-corrected chi connectivity index (χ1v) is 7.05. The van der Waals surface area contributed by atoms with Crippen molar-refractivity contribution in [3.63, 3.8) is 0 Å². The van der Waals surface area contributed by atoms with E-state index in [-0.39, 0.29) is 11.8 Å². The molecule has 1 aliphatic heterocycles. The van der Waals surface area contributed by atoms with E-state index in [1.807, 2.05) is 0 Å². The second-order valence-corrected chi connectivity index (χ2v) is 5.06. The average Bonchev–Trinajstić information content (AvgIpc) is 2.49. The van der Waals surface area contributed by atoms with E-state index in [2.05, 4.69) is 23.2 Å². The lowest BCUT2D eigenvalue weighted by Crippen LogP contribution is -2.45. The summed E-state index contributed by atoms with van der Waals surface area (Å²) in [5.41, 5.74) is 0.803. The Bertz CT molecular complexity index is 507. The van der Waals surface area contributed by atoms with Gasteiger partial charge in [-0.2, -0.15) is 5.26 Å². The molecule has 2 N–H and O–H groups in total. The molecular weight excluding hydrogens is 257 g/mol. The zero-order valence-electron chi connectivity index (χ0n) is 11.7. The molecule has 1 fully saturated rings. The van der Waals surface area contributed by atoms with Crippen LogP contribution in [0.2, 0.25) is 0 Å². The summed E-state index contributed by atoms with van der Waals surface area (Å²) in [5.74, 6) is -1.03. The molecule has 1 aliphatic rings. The molecular formula is C15H20FN3O. The molecule has 4 nitrogen and oxygen atoms in total. The highest BCUT2D eigenvalue weighted by Crippen LogP contribution is 2.36. The van der Waals surface area contributed by atoms with E-state index in [1.54, 1.807) is 0 Å². The smallest absolute Gasteiger partial charge is 0.165 e. The molecule has 0 aliphatic carbocycles. The Kier molecular flexibility index (Phi) is 4.94. The standard InChI is InChI=1S/C15H20FN3O/c1-2-3-13(19-8-6-18-7-9-19)14-11(10-17)4-5-12(16)15(14)20/h4-5,13,18,20H,2-3,6-9H2,1H3/t13-/m0/s1. The number of rotatable bonds is 4. The second kappa shape index (κ2) is 6.69. The fraction of sp³-hybridized carbons (Fsp3) is 0.533. The van der Waals surface area contributed by atoms with Crippen molar-refractivity contribution >= 4 is 0 Å². The van der Waals surface area contributed by atoms with Crippen LogP contribution < -0.4 is 5.32 Å². The van der Waals surface area contributed by atoms with Gasteiger partial charge in [-0.15, -0.1) is 0 Å². The highest BCUT2D eigenvalue weighted by molar-refractivity contribution is 5.48. The van der Waals surface area contributed by atoms with E-state index >= 15 is 0 Å². The molecule has 1 saturated heterocycles. The van der Waals surface area contributed by atoms with E-state index < -0.39 is 5.82 Å². The third kappa shape index (κ3) is 2.92. The molecule has 1 atom stereocenters. The minimum atomic E-state index is -0.657. The number of phenols is 1. The van der Waals surface area contributed by atoms with Crippen LogP contribution in [0.4, 0.5) is 4.39 Å². The monoisotopic (exact) mass is 277 g/mol. The van der Waals surface area contributed by atoms with Gasteiger partial charge in [-0.25, -0.2) is 4.39 Å². The number of hydrogen-bond donors (Lipinski definition) is 2. The zero-order valence-corrected chi connectivity index (χ0v) is 11.7. The maximum Gasteiger partial charge on any atom is 0.165 e. The normalized spacial score (nSPS) is 17.6. The molecule has 1 aromatic carbocycles. The third-order valence-electron chi connectivity index (χ3n) is 3.78. The second-order valence-electron chi connectivity index (χ2n) is 5.06. The molecule has 20 heavy (non-hydrogen) atoms. The molecule has 0 aromatic heterocycles. The van der Waals surface area contributed by atoms with Crippen molar-refractivity contribution in [1.82, 2.24) is 10.2 Å². The lowest BCUT2D eigenvalue weighted by molar-refractivity contribution is 0.161. The summed E-state index contributed by atoms with van der Waals surface area (Å²) < 4.78 is 13.7. The number of nitrogens with zero attached hydrogens (tertiary/aromatic N) is 2. The number of hydrogen-bond acceptors (Lipinski definition) is 4. The summed E-state index contributed by atoms with van der Waals surface area (Å²) >= 11 is 0. The SMILES string of the molecule is CCC[C@@H](c1c(C#N)ccc(F)c1O)N1CCNCC1. The van der Waals surface area contributed by atoms with E-state index in [0.717, 1.165) is 45.1 Å². The predicted octanol–water partition coefficient (Wildman–Crippen LogP) is 2.15. The van der Waals surface area contributed by atoms with Crippen molar-refractivity contribution < 1.29 is 9.50 Å². The van der Waals surface area contributed by atoms with E-state index in [4.69, 9.17) is 0 Å². The van der Waals surface area contributed by atoms with Crippen LogP contribution in [0.25, 0.3) is 0 Å². The molecule has 0 radical (unpaired) electrons. The van der Waals surface area contributed by atoms with Gasteiger partial charge in [0, 0.05) is 37.8 Å². The molecule has 0 unspecified atom stereocenters. The fourth-order valence-electron chi connectivity index (χ4n) is 2.79. The van der Waals surface area contributed by atoms with Gasteiger partial charge in [0.05, 0.1) is 11.6 Å². The van der Waals surface area contributed by atoms with Gasteiger partial charge in [-0.05, 0) is 18.6 Å². The number of nitrogens with one attached hydrogen (secondary N) is 1. The van der Waals surface area contributed by atoms with Crippen molar-refractivity contribution in [2.75, 3.05) is 26.2 Å². The first-order valence-electron chi connectivity index (χ1n) is 7.05. The van der Waals surface area contributed by atoms with Crippen LogP contribution in [0.15, 0.2) is 12.1 Å². The van der Waals surface area contributed by atoms with Crippen molar-refractivity contribution in [3.05, 3.63) is 29.1 Å². The number of piperazine rings is 1. The van der Waals surface area contributed by atoms with E-state index in [0.29, 0.717) is 11.1 Å². The molecule has 5 heteroatoms. The average molecular weight is 277 g/mol. The summed E-state index contributed by atoms with van der Waals surface area (Å²) in [6.45, 7) is 5.48. The summed E-state index contributed by atoms with van der Waals surface area (Å²) in [7, 11) is 0. The van der Waals surface area contributed by atoms with E-state index in [9.17, 15) is 14.8 Å². The van der Waals surface area contributed by atoms with Gasteiger partial charge in [-0.3, -0.25) is 4.90 Å². The first kappa shape index (κ1) is 14.8. The van der Waals surface area contributed by atoms with Gasteiger partial charge in [-0.1, -0.05) is 13.3 Å². The van der Waals surface area contributed by atoms with Crippen LogP contribution in [0.3, 0.4) is 0 Å². The number of halogens is 1. The number of phenolic OH excluding ortho intramolecular Hbond substituents is 1. The third-order valence-corrected chi connectivity index (χ3v) is 3.78. The minimum absolute atomic E-state index is 0.104. The summed E-state index contributed by atoms with van der Waals surface area (Å²) in [6.07, 6.45) is 1.71. The van der Waals surface area contributed by atoms with Gasteiger partial charge < -0.3 is 10.4 Å². The highest BCUT2D eigenvalue weighted by atomic mass is 19.1. The Labute approximate surface area is 118 Å². The molecule has 0 spiro atoms. The van der Waals surface area contributed by atoms with Crippen molar-refractivity contribution in [3.8, 4) is 11.8 Å². The van der Waals surface area contributed by atoms with Crippen LogP contribution in [-0.4, -0.2) is 36.2 Å². The largest absolute Gasteiger partial charge is 0.505 e. The van der Waals surface area contributed by atoms with Gasteiger partial charge in [0.25, 0.3) is 0 Å². The summed E-state index contributed by atoms with van der Waals surface area (Å²) in [4.78, 5) is 2.22. The summed E-state index contributed by atoms with van der Waals surface area (Å²) in [6, 6.07) is 4.57. The zero-order chi connectivity index (χ0) is 14.5. The molecule has 0 saturated carbocycles. The first-order chi connectivity index (χ1) is 9.69. The molecule has 0 amide bonds. The number of aromatic hydroxyl groups is 1. The lowest BCUT2D eigenvalue weighted by Gasteiger charge is -2.35. The van der Waals surface area contributed by atoms with Gasteiger partial charge in [0.1, 0.15) is 0 Å². The van der Waals surface area contributed by atoms with Gasteiger partial charge in [0.15, 0.2) is 11.6 Å². The van der Waals surface area contributed by atoms with E-state index in [1.165, 1.54) is 6.07 Å². The van der Waals surface area contributed by atoms with Crippen molar-refractivity contribution in [2.45, 2.75) is 25.8 Å². The van der Waals surface area contributed by atoms with Crippen molar-refractivity contribution in [2.24, 2.45) is 0 Å². The van der Waals surface area contributed by atoms with Crippen LogP contribution in [-0.2, 0) is 0 Å². The Morgan fingerprint density at radius 1 is 1.45 bits per heavy atom. The summed E-state index contributed by atoms with van der Waals surface area (Å²) in [5, 5.41) is 22.6. The van der Waals surface area contributed by atoms with Crippen LogP contribution in [0, 0.1) is 17.1 Å². The Morgan fingerprint density at radius 2 is 2.15 bits per heavy atom. The maximum atomic E-state index is 13.7. The Morgan fingerprint density at radius 3 is 2.75 bits per heavy atom. The van der Waals surface area contributed by atoms with Gasteiger partial charge in [0.2, 0.25) is 0 Å². The van der Waals surface area contributed by atoms with Crippen LogP contribution >= 0.6 is 0 Å². The molecule has 108 valence electrons. The minimum Gasteiger partial charge on any atom is -0.505 e. The molecule has 2 rings (SSSR count). The quantitative estimate of drug-likeness (QED) is 0.885. The maximum absolute atomic E-state index is 13.7. The van der Waals surface area contributed by atoms with Crippen LogP contribution in [0.1, 0.15) is 36.9 Å². The Balaban J connectivity index is 2.42. The topological polar surface area (TPSA) is 59.3 Å². The fourth-order valence-corrected chi connectivity index (χ4v) is 2.79. The predicted molar refractivity (Wildman–Crippen MR) is 74.9 cm³/mol. The molecule has 1 aromatic rings. The van der Waals surface area contributed by atoms with Gasteiger partial charge >= 0.3 is 0 Å².